The molecule has 1 aliphatic rings. The number of halogens is 1. The number of benzene rings is 4. The standard InChI is InChI=1S/C37H35ClN3O2P/c1-36(2,3)43-35(42)41-26-37(27-41,29-21-19-28(20-22-29)34-24-23-30(38)25-39-34)40-44(31-13-7-4-8-14-31,32-15-9-5-10-16-32)33-17-11-6-12-18-33/h4-25H,26-27H2,1-3H3. The summed E-state index contributed by atoms with van der Waals surface area (Å²) in [6, 6.07) is 43.9. The third-order valence-electron chi connectivity index (χ3n) is 7.73. The first-order valence-electron chi connectivity index (χ1n) is 14.7. The lowest BCUT2D eigenvalue weighted by atomic mass is 9.83. The van der Waals surface area contributed by atoms with Crippen LogP contribution in [0.4, 0.5) is 4.79 Å². The van der Waals surface area contributed by atoms with Crippen molar-refractivity contribution in [1.82, 2.24) is 9.88 Å². The molecule has 1 saturated heterocycles. The van der Waals surface area contributed by atoms with Gasteiger partial charge in [-0.25, -0.2) is 4.79 Å². The first kappa shape index (κ1) is 29.9. The molecule has 0 aliphatic carbocycles. The topological polar surface area (TPSA) is 54.8 Å². The smallest absolute Gasteiger partial charge is 0.410 e. The monoisotopic (exact) mass is 619 g/mol. The van der Waals surface area contributed by atoms with Gasteiger partial charge in [-0.3, -0.25) is 9.73 Å². The summed E-state index contributed by atoms with van der Waals surface area (Å²) in [5.74, 6) is 0. The second-order valence-corrected chi connectivity index (χ2v) is 15.5. The van der Waals surface area contributed by atoms with Crippen LogP contribution >= 0.6 is 18.7 Å². The third kappa shape index (κ3) is 5.95. The van der Waals surface area contributed by atoms with Crippen molar-refractivity contribution in [2.45, 2.75) is 31.9 Å². The molecule has 0 spiro atoms. The van der Waals surface area contributed by atoms with E-state index >= 15 is 0 Å². The molecule has 222 valence electrons. The van der Waals surface area contributed by atoms with Crippen LogP contribution in [-0.2, 0) is 10.3 Å². The van der Waals surface area contributed by atoms with Gasteiger partial charge in [0.15, 0.2) is 0 Å². The highest BCUT2D eigenvalue weighted by Gasteiger charge is 2.50. The maximum absolute atomic E-state index is 13.3. The van der Waals surface area contributed by atoms with Gasteiger partial charge in [0.25, 0.3) is 0 Å². The van der Waals surface area contributed by atoms with Gasteiger partial charge < -0.3 is 9.64 Å². The van der Waals surface area contributed by atoms with Gasteiger partial charge in [-0.15, -0.1) is 0 Å². The summed E-state index contributed by atoms with van der Waals surface area (Å²) >= 11 is 6.09. The van der Waals surface area contributed by atoms with Crippen molar-refractivity contribution in [2.75, 3.05) is 13.1 Å². The Morgan fingerprint density at radius 2 is 1.27 bits per heavy atom. The third-order valence-corrected chi connectivity index (χ3v) is 11.8. The van der Waals surface area contributed by atoms with Crippen molar-refractivity contribution in [3.05, 3.63) is 144 Å². The molecule has 4 aromatic carbocycles. The minimum Gasteiger partial charge on any atom is -0.444 e. The highest BCUT2D eigenvalue weighted by Crippen LogP contribution is 2.53. The van der Waals surface area contributed by atoms with Crippen molar-refractivity contribution in [3.63, 3.8) is 0 Å². The van der Waals surface area contributed by atoms with Gasteiger partial charge in [-0.05, 0) is 38.5 Å². The maximum Gasteiger partial charge on any atom is 0.410 e. The summed E-state index contributed by atoms with van der Waals surface area (Å²) in [5, 5.41) is 4.08. The minimum atomic E-state index is -2.56. The Hall–Kier alpha value is -4.18. The van der Waals surface area contributed by atoms with Crippen LogP contribution in [-0.4, -0.2) is 34.7 Å². The summed E-state index contributed by atoms with van der Waals surface area (Å²) in [4.78, 5) is 19.5. The van der Waals surface area contributed by atoms with Gasteiger partial charge in [0.05, 0.1) is 30.9 Å². The van der Waals surface area contributed by atoms with Crippen LogP contribution in [0.1, 0.15) is 26.3 Å². The molecule has 0 unspecified atom stereocenters. The van der Waals surface area contributed by atoms with E-state index in [1.165, 1.54) is 0 Å². The van der Waals surface area contributed by atoms with Crippen LogP contribution in [0, 0.1) is 0 Å². The summed E-state index contributed by atoms with van der Waals surface area (Å²) in [6.07, 6.45) is 1.33. The second kappa shape index (κ2) is 12.1. The Kier molecular flexibility index (Phi) is 8.20. The van der Waals surface area contributed by atoms with Crippen LogP contribution < -0.4 is 15.9 Å². The molecule has 7 heteroatoms. The second-order valence-electron chi connectivity index (χ2n) is 12.0. The molecule has 1 aliphatic heterocycles. The van der Waals surface area contributed by atoms with Crippen LogP contribution in [0.3, 0.4) is 0 Å². The molecule has 44 heavy (non-hydrogen) atoms. The number of rotatable bonds is 6. The number of pyridine rings is 1. The zero-order chi connectivity index (χ0) is 30.8. The van der Waals surface area contributed by atoms with Crippen molar-refractivity contribution < 1.29 is 9.53 Å². The number of ether oxygens (including phenoxy) is 1. The number of amides is 1. The molecule has 2 heterocycles. The SMILES string of the molecule is CC(C)(C)OC(=O)N1CC(N=P(c2ccccc2)(c2ccccc2)c2ccccc2)(c2ccc(-c3ccc(Cl)cn3)cc2)C1. The fourth-order valence-electron chi connectivity index (χ4n) is 5.68. The van der Waals surface area contributed by atoms with Crippen LogP contribution in [0.25, 0.3) is 11.3 Å². The molecular weight excluding hydrogens is 585 g/mol. The highest BCUT2D eigenvalue weighted by molar-refractivity contribution is 7.87. The first-order valence-corrected chi connectivity index (χ1v) is 16.8. The number of aromatic nitrogens is 1. The van der Waals surface area contributed by atoms with E-state index in [1.54, 1.807) is 11.1 Å². The Labute approximate surface area is 264 Å². The summed E-state index contributed by atoms with van der Waals surface area (Å²) < 4.78 is 11.8. The molecule has 5 nitrogen and oxygen atoms in total. The number of nitrogens with zero attached hydrogens (tertiary/aromatic N) is 3. The number of likely N-dealkylation sites (tertiary alicyclic amines) is 1. The number of hydrogen-bond donors (Lipinski definition) is 0. The predicted molar refractivity (Wildman–Crippen MR) is 182 cm³/mol. The van der Waals surface area contributed by atoms with Crippen LogP contribution in [0.2, 0.25) is 5.02 Å². The highest BCUT2D eigenvalue weighted by atomic mass is 35.5. The summed E-state index contributed by atoms with van der Waals surface area (Å²) in [6.45, 7) is 6.50. The average Bonchev–Trinajstić information content (AvgIpc) is 3.02. The van der Waals surface area contributed by atoms with E-state index in [-0.39, 0.29) is 6.09 Å². The lowest BCUT2D eigenvalue weighted by Gasteiger charge is -2.49. The van der Waals surface area contributed by atoms with Crippen LogP contribution in [0.5, 0.6) is 0 Å². The Morgan fingerprint density at radius 1 is 0.773 bits per heavy atom. The van der Waals surface area contributed by atoms with Crippen molar-refractivity contribution in [1.29, 1.82) is 0 Å². The van der Waals surface area contributed by atoms with E-state index in [1.807, 2.05) is 51.1 Å². The maximum atomic E-state index is 13.3. The summed E-state index contributed by atoms with van der Waals surface area (Å²) in [7, 11) is -2.56. The molecule has 0 atom stereocenters. The van der Waals surface area contributed by atoms with Crippen LogP contribution in [0.15, 0.2) is 138 Å². The lowest BCUT2D eigenvalue weighted by Crippen LogP contribution is -2.61. The number of carbonyl (C=O) groups is 1. The number of carbonyl (C=O) groups excluding carboxylic acids is 1. The number of hydrogen-bond acceptors (Lipinski definition) is 4. The van der Waals surface area contributed by atoms with Gasteiger partial charge in [0.2, 0.25) is 0 Å². The predicted octanol–water partition coefficient (Wildman–Crippen LogP) is 8.03. The zero-order valence-corrected chi connectivity index (χ0v) is 26.7. The fourth-order valence-corrected chi connectivity index (χ4v) is 9.66. The van der Waals surface area contributed by atoms with Crippen molar-refractivity contribution >= 4 is 40.7 Å². The zero-order valence-electron chi connectivity index (χ0n) is 25.1. The first-order chi connectivity index (χ1) is 21.2. The quantitative estimate of drug-likeness (QED) is 0.181. The average molecular weight is 620 g/mol. The molecular formula is C37H35ClN3O2P. The Bertz CT molecular complexity index is 1680. The normalized spacial score (nSPS) is 14.4. The van der Waals surface area contributed by atoms with Crippen molar-refractivity contribution in [2.24, 2.45) is 4.74 Å². The molecule has 1 fully saturated rings. The van der Waals surface area contributed by atoms with E-state index < -0.39 is 18.2 Å². The van der Waals surface area contributed by atoms with Gasteiger partial charge >= 0.3 is 6.09 Å². The molecule has 6 rings (SSSR count). The molecule has 1 amide bonds. The molecule has 0 saturated carbocycles. The molecule has 0 N–H and O–H groups in total. The summed E-state index contributed by atoms with van der Waals surface area (Å²) in [5.41, 5.74) is 1.61. The van der Waals surface area contributed by atoms with Gasteiger partial charge in [-0.1, -0.05) is 127 Å². The molecule has 0 radical (unpaired) electrons. The van der Waals surface area contributed by atoms with E-state index in [4.69, 9.17) is 21.1 Å². The minimum absolute atomic E-state index is 0.326. The molecule has 5 aromatic rings. The lowest BCUT2D eigenvalue weighted by molar-refractivity contribution is -0.00796. The molecule has 0 bridgehead atoms. The Morgan fingerprint density at radius 3 is 1.70 bits per heavy atom. The van der Waals surface area contributed by atoms with E-state index in [9.17, 15) is 4.79 Å². The van der Waals surface area contributed by atoms with Crippen molar-refractivity contribution in [3.8, 4) is 11.3 Å². The van der Waals surface area contributed by atoms with E-state index in [0.717, 1.165) is 32.7 Å². The molecule has 1 aromatic heterocycles. The Balaban J connectivity index is 1.56. The van der Waals surface area contributed by atoms with E-state index in [0.29, 0.717) is 18.1 Å². The van der Waals surface area contributed by atoms with E-state index in [2.05, 4.69) is 102 Å². The fraction of sp³-hybridized carbons (Fsp3) is 0.189. The largest absolute Gasteiger partial charge is 0.444 e. The van der Waals surface area contributed by atoms with Gasteiger partial charge in [0.1, 0.15) is 11.1 Å². The van der Waals surface area contributed by atoms with Gasteiger partial charge in [0, 0.05) is 27.7 Å². The van der Waals surface area contributed by atoms with Gasteiger partial charge in [-0.2, -0.15) is 0 Å².